The standard InChI is InChI=1S/C16H15N5O2/c17-16(23)21-10-14(13-3-6-18-7-4-13)20(11-15(21)22)9-12-2-1-5-19-8-12/h1-8,10H,9,11H2,(H2,17,23). The lowest BCUT2D eigenvalue weighted by Gasteiger charge is -2.33. The largest absolute Gasteiger partial charge is 0.356 e. The molecule has 0 aliphatic carbocycles. The van der Waals surface area contributed by atoms with Crippen molar-refractivity contribution in [2.24, 2.45) is 5.73 Å². The van der Waals surface area contributed by atoms with Gasteiger partial charge in [-0.3, -0.25) is 14.8 Å². The lowest BCUT2D eigenvalue weighted by Crippen LogP contribution is -2.46. The van der Waals surface area contributed by atoms with Gasteiger partial charge in [0, 0.05) is 43.1 Å². The fourth-order valence-corrected chi connectivity index (χ4v) is 2.42. The Morgan fingerprint density at radius 1 is 1.17 bits per heavy atom. The molecule has 0 unspecified atom stereocenters. The highest BCUT2D eigenvalue weighted by Crippen LogP contribution is 2.25. The molecular formula is C16H15N5O2. The van der Waals surface area contributed by atoms with Gasteiger partial charge in [-0.25, -0.2) is 9.69 Å². The fourth-order valence-electron chi connectivity index (χ4n) is 2.42. The first-order valence-electron chi connectivity index (χ1n) is 7.03. The highest BCUT2D eigenvalue weighted by atomic mass is 16.2. The van der Waals surface area contributed by atoms with Gasteiger partial charge in [0.05, 0.1) is 12.2 Å². The van der Waals surface area contributed by atoms with Crippen LogP contribution in [-0.2, 0) is 11.3 Å². The van der Waals surface area contributed by atoms with Crippen LogP contribution in [0.1, 0.15) is 11.1 Å². The molecule has 0 aromatic carbocycles. The summed E-state index contributed by atoms with van der Waals surface area (Å²) in [6.45, 7) is 0.562. The van der Waals surface area contributed by atoms with Gasteiger partial charge < -0.3 is 10.6 Å². The number of imide groups is 1. The van der Waals surface area contributed by atoms with Crippen LogP contribution >= 0.6 is 0 Å². The van der Waals surface area contributed by atoms with E-state index >= 15 is 0 Å². The zero-order valence-corrected chi connectivity index (χ0v) is 12.3. The van der Waals surface area contributed by atoms with Gasteiger partial charge in [0.2, 0.25) is 0 Å². The summed E-state index contributed by atoms with van der Waals surface area (Å²) in [7, 11) is 0. The van der Waals surface area contributed by atoms with Gasteiger partial charge in [0.1, 0.15) is 0 Å². The number of rotatable bonds is 3. The molecule has 7 nitrogen and oxygen atoms in total. The molecule has 7 heteroatoms. The van der Waals surface area contributed by atoms with Gasteiger partial charge in [-0.05, 0) is 23.8 Å². The quantitative estimate of drug-likeness (QED) is 0.919. The van der Waals surface area contributed by atoms with Crippen molar-refractivity contribution in [2.75, 3.05) is 6.54 Å². The van der Waals surface area contributed by atoms with Crippen LogP contribution in [-0.4, -0.2) is 38.3 Å². The van der Waals surface area contributed by atoms with E-state index in [2.05, 4.69) is 9.97 Å². The molecular weight excluding hydrogens is 294 g/mol. The van der Waals surface area contributed by atoms with Crippen molar-refractivity contribution >= 4 is 17.6 Å². The van der Waals surface area contributed by atoms with E-state index in [0.717, 1.165) is 21.7 Å². The molecule has 0 fully saturated rings. The van der Waals surface area contributed by atoms with Crippen LogP contribution in [0.15, 0.2) is 55.3 Å². The molecule has 3 heterocycles. The number of hydrogen-bond donors (Lipinski definition) is 1. The molecule has 0 radical (unpaired) electrons. The molecule has 116 valence electrons. The predicted octanol–water partition coefficient (Wildman–Crippen LogP) is 1.20. The van der Waals surface area contributed by atoms with Crippen LogP contribution in [0.2, 0.25) is 0 Å². The van der Waals surface area contributed by atoms with E-state index < -0.39 is 6.03 Å². The molecule has 0 saturated carbocycles. The van der Waals surface area contributed by atoms with Crippen molar-refractivity contribution in [3.8, 4) is 0 Å². The van der Waals surface area contributed by atoms with Crippen molar-refractivity contribution in [1.82, 2.24) is 19.8 Å². The van der Waals surface area contributed by atoms with Crippen molar-refractivity contribution in [3.05, 3.63) is 66.4 Å². The summed E-state index contributed by atoms with van der Waals surface area (Å²) >= 11 is 0. The van der Waals surface area contributed by atoms with E-state index in [4.69, 9.17) is 5.73 Å². The van der Waals surface area contributed by atoms with E-state index in [1.54, 1.807) is 24.8 Å². The highest BCUT2D eigenvalue weighted by molar-refractivity contribution is 5.99. The van der Waals surface area contributed by atoms with Crippen LogP contribution in [0, 0.1) is 0 Å². The van der Waals surface area contributed by atoms with E-state index in [-0.39, 0.29) is 12.5 Å². The first kappa shape index (κ1) is 14.7. The Morgan fingerprint density at radius 3 is 2.61 bits per heavy atom. The molecule has 0 spiro atoms. The zero-order chi connectivity index (χ0) is 16.2. The lowest BCUT2D eigenvalue weighted by atomic mass is 10.1. The number of primary amides is 1. The Balaban J connectivity index is 1.98. The molecule has 2 aromatic heterocycles. The summed E-state index contributed by atoms with van der Waals surface area (Å²) in [6, 6.07) is 6.62. The molecule has 3 rings (SSSR count). The highest BCUT2D eigenvalue weighted by Gasteiger charge is 2.28. The minimum Gasteiger partial charge on any atom is -0.356 e. The Labute approximate surface area is 133 Å². The number of nitrogens with two attached hydrogens (primary N) is 1. The van der Waals surface area contributed by atoms with Crippen LogP contribution < -0.4 is 5.73 Å². The maximum absolute atomic E-state index is 12.1. The third-order valence-corrected chi connectivity index (χ3v) is 3.50. The van der Waals surface area contributed by atoms with Gasteiger partial charge in [-0.1, -0.05) is 6.07 Å². The fraction of sp³-hybridized carbons (Fsp3) is 0.125. The van der Waals surface area contributed by atoms with Crippen LogP contribution in [0.25, 0.3) is 5.70 Å². The molecule has 1 aliphatic heterocycles. The van der Waals surface area contributed by atoms with Crippen molar-refractivity contribution in [2.45, 2.75) is 6.54 Å². The molecule has 2 N–H and O–H groups in total. The number of urea groups is 1. The van der Waals surface area contributed by atoms with Crippen LogP contribution in [0.4, 0.5) is 4.79 Å². The molecule has 1 aliphatic rings. The Morgan fingerprint density at radius 2 is 1.96 bits per heavy atom. The average Bonchev–Trinajstić information content (AvgIpc) is 2.56. The average molecular weight is 309 g/mol. The van der Waals surface area contributed by atoms with E-state index in [1.807, 2.05) is 29.2 Å². The maximum atomic E-state index is 12.1. The summed E-state index contributed by atoms with van der Waals surface area (Å²) in [5.41, 5.74) is 7.82. The summed E-state index contributed by atoms with van der Waals surface area (Å²) in [6.07, 6.45) is 8.22. The van der Waals surface area contributed by atoms with E-state index in [1.165, 1.54) is 6.20 Å². The topological polar surface area (TPSA) is 92.4 Å². The second-order valence-electron chi connectivity index (χ2n) is 5.07. The Bertz CT molecular complexity index is 746. The number of carbonyl (C=O) groups is 2. The number of nitrogens with zero attached hydrogens (tertiary/aromatic N) is 4. The summed E-state index contributed by atoms with van der Waals surface area (Å²) in [4.78, 5) is 34.5. The van der Waals surface area contributed by atoms with Crippen LogP contribution in [0.5, 0.6) is 0 Å². The zero-order valence-electron chi connectivity index (χ0n) is 12.3. The number of pyridine rings is 2. The molecule has 0 bridgehead atoms. The summed E-state index contributed by atoms with van der Waals surface area (Å²) in [5.74, 6) is -0.362. The molecule has 23 heavy (non-hydrogen) atoms. The minimum absolute atomic E-state index is 0.0615. The molecule has 0 saturated heterocycles. The SMILES string of the molecule is NC(=O)N1C=C(c2ccncc2)N(Cc2cccnc2)CC1=O. The van der Waals surface area contributed by atoms with E-state index in [9.17, 15) is 9.59 Å². The second kappa shape index (κ2) is 6.27. The van der Waals surface area contributed by atoms with Gasteiger partial charge in [0.25, 0.3) is 5.91 Å². The smallest absolute Gasteiger partial charge is 0.325 e. The summed E-state index contributed by atoms with van der Waals surface area (Å²) in [5, 5.41) is 0. The first-order valence-corrected chi connectivity index (χ1v) is 7.03. The third kappa shape index (κ3) is 3.18. The normalized spacial score (nSPS) is 14.6. The van der Waals surface area contributed by atoms with Gasteiger partial charge in [-0.15, -0.1) is 0 Å². The lowest BCUT2D eigenvalue weighted by molar-refractivity contribution is -0.127. The van der Waals surface area contributed by atoms with Crippen molar-refractivity contribution in [1.29, 1.82) is 0 Å². The minimum atomic E-state index is -0.789. The maximum Gasteiger partial charge on any atom is 0.325 e. The Kier molecular flexibility index (Phi) is 4.01. The number of aromatic nitrogens is 2. The van der Waals surface area contributed by atoms with Gasteiger partial charge in [0.15, 0.2) is 0 Å². The van der Waals surface area contributed by atoms with Crippen molar-refractivity contribution < 1.29 is 9.59 Å². The van der Waals surface area contributed by atoms with Gasteiger partial charge in [-0.2, -0.15) is 0 Å². The molecule has 0 atom stereocenters. The predicted molar refractivity (Wildman–Crippen MR) is 83.3 cm³/mol. The monoisotopic (exact) mass is 309 g/mol. The summed E-state index contributed by atoms with van der Waals surface area (Å²) < 4.78 is 0. The number of amides is 3. The van der Waals surface area contributed by atoms with Gasteiger partial charge >= 0.3 is 6.03 Å². The molecule has 3 amide bonds. The van der Waals surface area contributed by atoms with E-state index in [0.29, 0.717) is 6.54 Å². The first-order chi connectivity index (χ1) is 11.1. The Hall–Kier alpha value is -3.22. The third-order valence-electron chi connectivity index (χ3n) is 3.50. The number of hydrogen-bond acceptors (Lipinski definition) is 5. The van der Waals surface area contributed by atoms with Crippen molar-refractivity contribution in [3.63, 3.8) is 0 Å². The number of carbonyl (C=O) groups excluding carboxylic acids is 2. The van der Waals surface area contributed by atoms with Crippen LogP contribution in [0.3, 0.4) is 0 Å². The molecule has 2 aromatic rings. The second-order valence-corrected chi connectivity index (χ2v) is 5.07.